The zero-order chi connectivity index (χ0) is 28.0. The summed E-state index contributed by atoms with van der Waals surface area (Å²) in [6, 6.07) is 0. The van der Waals surface area contributed by atoms with E-state index in [4.69, 9.17) is 0 Å². The Labute approximate surface area is 197 Å². The number of rotatable bonds is 6. The molecule has 0 radical (unpaired) electrons. The summed E-state index contributed by atoms with van der Waals surface area (Å²) in [6.45, 7) is 2.76. The highest BCUT2D eigenvalue weighted by Gasteiger charge is 2.83. The van der Waals surface area contributed by atoms with Gasteiger partial charge in [0.05, 0.1) is 24.9 Å². The Morgan fingerprint density at radius 2 is 1.61 bits per heavy atom. The Balaban J connectivity index is 2.28. The van der Waals surface area contributed by atoms with Crippen molar-refractivity contribution in [2.45, 2.75) is 68.9 Å². The summed E-state index contributed by atoms with van der Waals surface area (Å²) in [5.74, 6) is -20.5. The largest absolute Gasteiger partial charge is 0.462 e. The van der Waals surface area contributed by atoms with Crippen LogP contribution in [0.15, 0.2) is 24.0 Å². The smallest absolute Gasteiger partial charge is 0.456 e. The predicted octanol–water partition coefficient (Wildman–Crippen LogP) is 3.22. The van der Waals surface area contributed by atoms with Crippen LogP contribution in [0.2, 0.25) is 0 Å². The van der Waals surface area contributed by atoms with Crippen LogP contribution in [0.3, 0.4) is 0 Å². The molecule has 4 unspecified atom stereocenters. The van der Waals surface area contributed by atoms with Gasteiger partial charge in [-0.05, 0) is 13.8 Å². The maximum atomic E-state index is 15.2. The van der Waals surface area contributed by atoms with E-state index in [1.165, 1.54) is 0 Å². The van der Waals surface area contributed by atoms with E-state index < -0.39 is 84.6 Å². The van der Waals surface area contributed by atoms with E-state index in [0.717, 1.165) is 13.8 Å². The molecule has 0 amide bonds. The molecule has 2 heterocycles. The van der Waals surface area contributed by atoms with Gasteiger partial charge in [-0.3, -0.25) is 0 Å². The zero-order valence-corrected chi connectivity index (χ0v) is 18.7. The normalized spacial score (nSPS) is 33.1. The molecular formula is C19H20F8O9. The maximum Gasteiger partial charge on any atom is 0.462 e. The second-order valence-corrected chi connectivity index (χ2v) is 7.95. The van der Waals surface area contributed by atoms with Gasteiger partial charge in [0.15, 0.2) is 6.79 Å². The molecule has 2 aliphatic heterocycles. The fourth-order valence-corrected chi connectivity index (χ4v) is 2.89. The number of carbonyl (C=O) groups is 2. The molecule has 4 atom stereocenters. The van der Waals surface area contributed by atoms with Gasteiger partial charge in [0.1, 0.15) is 6.10 Å². The number of aliphatic hydroxyl groups is 1. The molecule has 0 aromatic heterocycles. The average molecular weight is 544 g/mol. The highest BCUT2D eigenvalue weighted by molar-refractivity contribution is 5.88. The third kappa shape index (κ3) is 5.14. The Morgan fingerprint density at radius 3 is 2.08 bits per heavy atom. The van der Waals surface area contributed by atoms with Crippen molar-refractivity contribution in [1.29, 1.82) is 0 Å². The highest BCUT2D eigenvalue weighted by atomic mass is 19.4. The minimum absolute atomic E-state index is 0.123. The molecule has 36 heavy (non-hydrogen) atoms. The molecule has 9 nitrogen and oxygen atoms in total. The first kappa shape index (κ1) is 29.7. The van der Waals surface area contributed by atoms with Crippen molar-refractivity contribution in [3.05, 3.63) is 24.0 Å². The van der Waals surface area contributed by atoms with Gasteiger partial charge in [0.25, 0.3) is 11.6 Å². The van der Waals surface area contributed by atoms with Gasteiger partial charge in [-0.1, -0.05) is 6.58 Å². The molecule has 206 valence electrons. The molecule has 0 spiro atoms. The molecule has 2 fully saturated rings. The summed E-state index contributed by atoms with van der Waals surface area (Å²) >= 11 is 0. The Morgan fingerprint density at radius 1 is 1.03 bits per heavy atom. The molecule has 2 saturated heterocycles. The van der Waals surface area contributed by atoms with Crippen molar-refractivity contribution in [2.24, 2.45) is 0 Å². The van der Waals surface area contributed by atoms with Gasteiger partial charge in [-0.15, -0.1) is 0 Å². The lowest BCUT2D eigenvalue weighted by molar-refractivity contribution is -0.525. The molecule has 0 saturated carbocycles. The van der Waals surface area contributed by atoms with Crippen LogP contribution in [0.4, 0.5) is 35.1 Å². The molecule has 1 N–H and O–H groups in total. The molecule has 0 aromatic carbocycles. The number of carbonyl (C=O) groups excluding carboxylic acids is 2. The van der Waals surface area contributed by atoms with Crippen LogP contribution < -0.4 is 0 Å². The number of halogens is 8. The van der Waals surface area contributed by atoms with E-state index in [0.29, 0.717) is 6.92 Å². The van der Waals surface area contributed by atoms with Crippen molar-refractivity contribution in [2.75, 3.05) is 13.4 Å². The molecular weight excluding hydrogens is 524 g/mol. The summed E-state index contributed by atoms with van der Waals surface area (Å²) in [4.78, 5) is 23.8. The highest BCUT2D eigenvalue weighted by Crippen LogP contribution is 2.55. The number of esters is 2. The van der Waals surface area contributed by atoms with E-state index in [1.807, 2.05) is 0 Å². The van der Waals surface area contributed by atoms with E-state index in [2.05, 4.69) is 35.0 Å². The van der Waals surface area contributed by atoms with E-state index in [1.54, 1.807) is 0 Å². The van der Waals surface area contributed by atoms with E-state index in [-0.39, 0.29) is 6.26 Å². The molecule has 0 aliphatic carbocycles. The third-order valence-electron chi connectivity index (χ3n) is 5.04. The van der Waals surface area contributed by atoms with Crippen molar-refractivity contribution >= 4 is 11.9 Å². The Kier molecular flexibility index (Phi) is 7.78. The lowest BCUT2D eigenvalue weighted by atomic mass is 9.98. The van der Waals surface area contributed by atoms with Crippen LogP contribution in [-0.4, -0.2) is 72.2 Å². The summed E-state index contributed by atoms with van der Waals surface area (Å²) < 4.78 is 136. The summed E-state index contributed by atoms with van der Waals surface area (Å²) in [6.07, 6.45) is -14.3. The van der Waals surface area contributed by atoms with Crippen LogP contribution in [-0.2, 0) is 38.0 Å². The van der Waals surface area contributed by atoms with E-state index in [9.17, 15) is 41.0 Å². The van der Waals surface area contributed by atoms with Gasteiger partial charge in [0, 0.05) is 12.5 Å². The number of alkyl halides is 8. The second kappa shape index (κ2) is 9.42. The average Bonchev–Trinajstić information content (AvgIpc) is 3.09. The number of ether oxygens (including phenoxy) is 6. The van der Waals surface area contributed by atoms with Crippen LogP contribution in [0.1, 0.15) is 27.2 Å². The lowest BCUT2D eigenvalue weighted by Crippen LogP contribution is -2.74. The fourth-order valence-electron chi connectivity index (χ4n) is 2.89. The SMILES string of the molecule is C=C(C)C(=O)OC1(C)OCOC(O/C=C(\C)C(=O)OC2COC(O)(C(F)(F)F)C2)(C(F)(F)F)C1(F)F. The van der Waals surface area contributed by atoms with E-state index >= 15 is 8.78 Å². The number of hydrogen-bond acceptors (Lipinski definition) is 9. The fraction of sp³-hybridized carbons (Fsp3) is 0.684. The maximum absolute atomic E-state index is 15.2. The third-order valence-corrected chi connectivity index (χ3v) is 5.04. The Bertz CT molecular complexity index is 931. The zero-order valence-electron chi connectivity index (χ0n) is 18.7. The van der Waals surface area contributed by atoms with Crippen LogP contribution >= 0.6 is 0 Å². The standard InChI is InChI=1S/C19H20F8O9/c1-9(2)12(28)36-14(4)16(20,21)17(19(25,26)27,34-8-33-14)32-6-10(3)13(29)35-11-5-15(30,31-7-11)18(22,23)24/h6,11,30H,1,5,7-8H2,2-4H3/b10-6+. The minimum Gasteiger partial charge on any atom is -0.456 e. The Hall–Kier alpha value is -2.50. The van der Waals surface area contributed by atoms with Gasteiger partial charge in [-0.25, -0.2) is 9.59 Å². The predicted molar refractivity (Wildman–Crippen MR) is 96.4 cm³/mol. The van der Waals surface area contributed by atoms with Crippen molar-refractivity contribution in [3.8, 4) is 0 Å². The second-order valence-electron chi connectivity index (χ2n) is 7.95. The molecule has 0 bridgehead atoms. The molecule has 0 aromatic rings. The van der Waals surface area contributed by atoms with Crippen LogP contribution in [0.25, 0.3) is 0 Å². The minimum atomic E-state index is -6.03. The van der Waals surface area contributed by atoms with Gasteiger partial charge in [0.2, 0.25) is 0 Å². The van der Waals surface area contributed by atoms with Crippen LogP contribution in [0, 0.1) is 0 Å². The molecule has 2 rings (SSSR count). The molecule has 17 heteroatoms. The molecule has 2 aliphatic rings. The van der Waals surface area contributed by atoms with Crippen LogP contribution in [0.5, 0.6) is 0 Å². The monoisotopic (exact) mass is 544 g/mol. The van der Waals surface area contributed by atoms with Crippen molar-refractivity contribution in [1.82, 2.24) is 0 Å². The quantitative estimate of drug-likeness (QED) is 0.233. The lowest BCUT2D eigenvalue weighted by Gasteiger charge is -2.49. The topological polar surface area (TPSA) is 110 Å². The summed E-state index contributed by atoms with van der Waals surface area (Å²) in [5.41, 5.74) is -1.37. The summed E-state index contributed by atoms with van der Waals surface area (Å²) in [5, 5.41) is 9.39. The van der Waals surface area contributed by atoms with Crippen molar-refractivity contribution < 1.29 is 78.2 Å². The summed E-state index contributed by atoms with van der Waals surface area (Å²) in [7, 11) is 0. The first-order valence-electron chi connectivity index (χ1n) is 9.72. The van der Waals surface area contributed by atoms with Crippen molar-refractivity contribution in [3.63, 3.8) is 0 Å². The van der Waals surface area contributed by atoms with Gasteiger partial charge < -0.3 is 33.5 Å². The van der Waals surface area contributed by atoms with Gasteiger partial charge in [-0.2, -0.15) is 35.1 Å². The first-order valence-corrected chi connectivity index (χ1v) is 9.72. The number of hydrogen-bond donors (Lipinski definition) is 1. The van der Waals surface area contributed by atoms with Gasteiger partial charge >= 0.3 is 36.0 Å². The first-order chi connectivity index (χ1) is 16.1.